The Morgan fingerprint density at radius 3 is 2.43 bits per heavy atom. The lowest BCUT2D eigenvalue weighted by atomic mass is 10.0. The van der Waals surface area contributed by atoms with Crippen molar-refractivity contribution in [1.82, 2.24) is 19.7 Å². The van der Waals surface area contributed by atoms with Gasteiger partial charge >= 0.3 is 6.18 Å². The fraction of sp³-hybridized carbons (Fsp3) is 0.857. The molecule has 0 aromatic carbocycles. The van der Waals surface area contributed by atoms with E-state index in [4.69, 9.17) is 4.74 Å². The fourth-order valence-electron chi connectivity index (χ4n) is 2.68. The molecule has 0 unspecified atom stereocenters. The molecule has 1 saturated heterocycles. The average molecular weight is 352 g/mol. The zero-order valence-corrected chi connectivity index (χ0v) is 14.5. The van der Waals surface area contributed by atoms with Crippen LogP contribution in [0.4, 0.5) is 13.2 Å². The predicted octanol–water partition coefficient (Wildman–Crippen LogP) is 2.31. The number of halogens is 3. The molecule has 23 heavy (non-hydrogen) atoms. The molecule has 1 aliphatic heterocycles. The van der Waals surface area contributed by atoms with E-state index in [2.05, 4.69) is 15.0 Å². The lowest BCUT2D eigenvalue weighted by molar-refractivity contribution is -0.144. The van der Waals surface area contributed by atoms with E-state index < -0.39 is 18.3 Å². The van der Waals surface area contributed by atoms with Gasteiger partial charge in [0.05, 0.1) is 18.8 Å². The van der Waals surface area contributed by atoms with Gasteiger partial charge in [-0.25, -0.2) is 9.67 Å². The topological polar surface area (TPSA) is 43.2 Å². The van der Waals surface area contributed by atoms with Gasteiger partial charge in [-0.3, -0.25) is 4.90 Å². The van der Waals surface area contributed by atoms with Crippen molar-refractivity contribution in [1.29, 1.82) is 0 Å². The van der Waals surface area contributed by atoms with Gasteiger partial charge in [0, 0.05) is 25.3 Å². The maximum absolute atomic E-state index is 12.9. The minimum atomic E-state index is -4.32. The summed E-state index contributed by atoms with van der Waals surface area (Å²) in [5.74, 6) is 1.63. The van der Waals surface area contributed by atoms with Gasteiger partial charge < -0.3 is 4.74 Å². The van der Waals surface area contributed by atoms with E-state index in [1.807, 2.05) is 20.1 Å². The Balaban J connectivity index is 2.30. The summed E-state index contributed by atoms with van der Waals surface area (Å²) in [6.07, 6.45) is -1.80. The molecule has 0 saturated carbocycles. The van der Waals surface area contributed by atoms with Crippen molar-refractivity contribution >= 4 is 11.8 Å². The van der Waals surface area contributed by atoms with Crippen molar-refractivity contribution in [3.63, 3.8) is 0 Å². The van der Waals surface area contributed by atoms with Gasteiger partial charge in [-0.15, -0.1) is 0 Å². The Bertz CT molecular complexity index is 513. The van der Waals surface area contributed by atoms with E-state index in [1.165, 1.54) is 0 Å². The highest BCUT2D eigenvalue weighted by Gasteiger charge is 2.38. The smallest absolute Gasteiger partial charge is 0.379 e. The summed E-state index contributed by atoms with van der Waals surface area (Å²) in [4.78, 5) is 6.54. The number of thioether (sulfide) groups is 1. The molecule has 0 bridgehead atoms. The average Bonchev–Trinajstić information content (AvgIpc) is 2.87. The van der Waals surface area contributed by atoms with Crippen LogP contribution >= 0.6 is 11.8 Å². The highest BCUT2D eigenvalue weighted by Crippen LogP contribution is 2.29. The first-order valence-electron chi connectivity index (χ1n) is 7.57. The molecule has 0 spiro atoms. The van der Waals surface area contributed by atoms with Crippen LogP contribution < -0.4 is 0 Å². The summed E-state index contributed by atoms with van der Waals surface area (Å²) in [5, 5.41) is 4.11. The molecule has 2 rings (SSSR count). The van der Waals surface area contributed by atoms with Crippen molar-refractivity contribution in [3.8, 4) is 0 Å². The Labute approximate surface area is 138 Å². The molecule has 9 heteroatoms. The zero-order valence-electron chi connectivity index (χ0n) is 13.7. The summed E-state index contributed by atoms with van der Waals surface area (Å²) in [7, 11) is 0. The van der Waals surface area contributed by atoms with Gasteiger partial charge in [0.2, 0.25) is 0 Å². The van der Waals surface area contributed by atoms with E-state index in [0.717, 1.165) is 10.4 Å². The second-order valence-electron chi connectivity index (χ2n) is 6.03. The monoisotopic (exact) mass is 352 g/mol. The Kier molecular flexibility index (Phi) is 5.96. The zero-order chi connectivity index (χ0) is 17.1. The number of aryl methyl sites for hydroxylation is 1. The lowest BCUT2D eigenvalue weighted by Gasteiger charge is -2.40. The minimum Gasteiger partial charge on any atom is -0.379 e. The van der Waals surface area contributed by atoms with Crippen molar-refractivity contribution in [2.24, 2.45) is 0 Å². The van der Waals surface area contributed by atoms with E-state index in [0.29, 0.717) is 44.4 Å². The summed E-state index contributed by atoms with van der Waals surface area (Å²) in [5.41, 5.74) is -0.625. The third kappa shape index (κ3) is 4.84. The molecule has 0 amide bonds. The van der Waals surface area contributed by atoms with Gasteiger partial charge in [0.15, 0.2) is 5.82 Å². The number of hydrogen-bond donors (Lipinski definition) is 0. The quantitative estimate of drug-likeness (QED) is 0.786. The number of ether oxygens (including phenoxy) is 1. The molecule has 1 fully saturated rings. The highest BCUT2D eigenvalue weighted by atomic mass is 32.2. The predicted molar refractivity (Wildman–Crippen MR) is 83.6 cm³/mol. The van der Waals surface area contributed by atoms with Crippen molar-refractivity contribution < 1.29 is 17.9 Å². The number of nitrogens with zero attached hydrogens (tertiary/aromatic N) is 4. The summed E-state index contributed by atoms with van der Waals surface area (Å²) in [6.45, 7) is 5.19. The Hall–Kier alpha value is -0.800. The molecule has 2 heterocycles. The molecule has 132 valence electrons. The van der Waals surface area contributed by atoms with E-state index in [-0.39, 0.29) is 0 Å². The van der Waals surface area contributed by atoms with Gasteiger partial charge in [-0.2, -0.15) is 30.0 Å². The van der Waals surface area contributed by atoms with E-state index in [9.17, 15) is 13.2 Å². The standard InChI is InChI=1S/C14H23F3N4OS/c1-13(2,20-5-7-22-8-6-20)12-18-11(4-9-23-3)19-21(12)10-14(15,16)17/h4-10H2,1-3H3. The summed E-state index contributed by atoms with van der Waals surface area (Å²) in [6, 6.07) is 0. The first-order valence-corrected chi connectivity index (χ1v) is 8.96. The molecule has 5 nitrogen and oxygen atoms in total. The normalized spacial score (nSPS) is 17.7. The molecular weight excluding hydrogens is 329 g/mol. The SMILES string of the molecule is CSCCc1nc(C(C)(C)N2CCOCC2)n(CC(F)(F)F)n1. The molecule has 0 N–H and O–H groups in total. The minimum absolute atomic E-state index is 0.368. The lowest BCUT2D eigenvalue weighted by Crippen LogP contribution is -2.49. The number of morpholine rings is 1. The number of alkyl halides is 3. The van der Waals surface area contributed by atoms with E-state index in [1.54, 1.807) is 11.8 Å². The Morgan fingerprint density at radius 2 is 1.87 bits per heavy atom. The number of aromatic nitrogens is 3. The first kappa shape index (κ1) is 18.5. The van der Waals surface area contributed by atoms with Crippen LogP contribution in [0, 0.1) is 0 Å². The fourth-order valence-corrected chi connectivity index (χ4v) is 3.07. The molecule has 0 radical (unpaired) electrons. The van der Waals surface area contributed by atoms with Crippen LogP contribution in [0.5, 0.6) is 0 Å². The van der Waals surface area contributed by atoms with Crippen LogP contribution in [0.3, 0.4) is 0 Å². The highest BCUT2D eigenvalue weighted by molar-refractivity contribution is 7.98. The van der Waals surface area contributed by atoms with E-state index >= 15 is 0 Å². The molecule has 0 atom stereocenters. The third-order valence-electron chi connectivity index (χ3n) is 3.92. The summed E-state index contributed by atoms with van der Waals surface area (Å²) < 4.78 is 45.0. The summed E-state index contributed by atoms with van der Waals surface area (Å²) >= 11 is 1.62. The van der Waals surface area contributed by atoms with Crippen molar-refractivity contribution in [3.05, 3.63) is 11.6 Å². The third-order valence-corrected chi connectivity index (χ3v) is 4.54. The molecule has 1 aromatic rings. The van der Waals surface area contributed by atoms with Crippen molar-refractivity contribution in [2.45, 2.75) is 38.5 Å². The van der Waals surface area contributed by atoms with Crippen LogP contribution in [0.15, 0.2) is 0 Å². The van der Waals surface area contributed by atoms with Gasteiger partial charge in [0.25, 0.3) is 0 Å². The molecular formula is C14H23F3N4OS. The maximum Gasteiger partial charge on any atom is 0.408 e. The van der Waals surface area contributed by atoms with Crippen LogP contribution in [0.25, 0.3) is 0 Å². The second-order valence-corrected chi connectivity index (χ2v) is 7.01. The largest absolute Gasteiger partial charge is 0.408 e. The van der Waals surface area contributed by atoms with Crippen LogP contribution in [-0.2, 0) is 23.2 Å². The van der Waals surface area contributed by atoms with Gasteiger partial charge in [-0.05, 0) is 20.1 Å². The number of hydrogen-bond acceptors (Lipinski definition) is 5. The van der Waals surface area contributed by atoms with Crippen molar-refractivity contribution in [2.75, 3.05) is 38.3 Å². The molecule has 1 aromatic heterocycles. The second kappa shape index (κ2) is 7.40. The molecule has 1 aliphatic rings. The number of rotatable bonds is 6. The first-order chi connectivity index (χ1) is 10.7. The Morgan fingerprint density at radius 1 is 1.22 bits per heavy atom. The van der Waals surface area contributed by atoms with Crippen LogP contribution in [0.2, 0.25) is 0 Å². The van der Waals surface area contributed by atoms with Crippen LogP contribution in [-0.4, -0.2) is 64.2 Å². The van der Waals surface area contributed by atoms with Gasteiger partial charge in [-0.1, -0.05) is 0 Å². The molecule has 0 aliphatic carbocycles. The van der Waals surface area contributed by atoms with Crippen LogP contribution in [0.1, 0.15) is 25.5 Å². The maximum atomic E-state index is 12.9. The van der Waals surface area contributed by atoms with Gasteiger partial charge in [0.1, 0.15) is 12.4 Å².